The minimum absolute atomic E-state index is 0.328. The molecule has 0 heterocycles. The molecular weight excluding hydrogens is 291 g/mol. The Morgan fingerprint density at radius 3 is 2.18 bits per heavy atom. The van der Waals surface area contributed by atoms with E-state index in [0.29, 0.717) is 10.7 Å². The van der Waals surface area contributed by atoms with Crippen molar-refractivity contribution in [1.29, 1.82) is 0 Å². The van der Waals surface area contributed by atoms with Crippen LogP contribution in [0.5, 0.6) is 0 Å². The summed E-state index contributed by atoms with van der Waals surface area (Å²) in [6.45, 7) is 0. The first-order valence-corrected chi connectivity index (χ1v) is 8.18. The zero-order valence-corrected chi connectivity index (χ0v) is 10.9. The Hall–Kier alpha value is -0.390. The standard InChI is InChI=1S/C7H10ClNO6P2/c8-6-1-3-7(4-2-6)9-15-17(13,14)5-16(10,11)12/h1-4,9H,5H2,(H,13,14)(H2,10,11,12). The van der Waals surface area contributed by atoms with Gasteiger partial charge >= 0.3 is 15.2 Å². The zero-order chi connectivity index (χ0) is 13.1. The van der Waals surface area contributed by atoms with E-state index in [1.165, 1.54) is 24.3 Å². The summed E-state index contributed by atoms with van der Waals surface area (Å²) in [5, 5.41) is 0.470. The molecule has 17 heavy (non-hydrogen) atoms. The Bertz CT molecular complexity index is 472. The summed E-state index contributed by atoms with van der Waals surface area (Å²) in [6, 6.07) is 5.97. The van der Waals surface area contributed by atoms with Crippen molar-refractivity contribution >= 4 is 32.5 Å². The van der Waals surface area contributed by atoms with Crippen LogP contribution in [-0.4, -0.2) is 20.6 Å². The molecule has 1 unspecified atom stereocenters. The van der Waals surface area contributed by atoms with Gasteiger partial charge in [-0.2, -0.15) is 4.62 Å². The minimum Gasteiger partial charge on any atom is -0.324 e. The maximum Gasteiger partial charge on any atom is 0.361 e. The lowest BCUT2D eigenvalue weighted by Crippen LogP contribution is -2.02. The van der Waals surface area contributed by atoms with Crippen molar-refractivity contribution in [1.82, 2.24) is 0 Å². The second-order valence-electron chi connectivity index (χ2n) is 3.14. The maximum absolute atomic E-state index is 11.2. The smallest absolute Gasteiger partial charge is 0.324 e. The van der Waals surface area contributed by atoms with Gasteiger partial charge < -0.3 is 14.7 Å². The number of hydrogen-bond donors (Lipinski definition) is 4. The number of halogens is 1. The molecule has 4 N–H and O–H groups in total. The summed E-state index contributed by atoms with van der Waals surface area (Å²) in [5.74, 6) is -1.25. The van der Waals surface area contributed by atoms with E-state index in [1.54, 1.807) is 0 Å². The van der Waals surface area contributed by atoms with E-state index >= 15 is 0 Å². The molecule has 0 saturated carbocycles. The molecule has 0 aromatic heterocycles. The molecule has 0 aliphatic carbocycles. The average molecular weight is 302 g/mol. The third kappa shape index (κ3) is 6.19. The first kappa shape index (κ1) is 14.7. The lowest BCUT2D eigenvalue weighted by atomic mass is 10.3. The molecular formula is C7H10ClNO6P2. The number of hydrogen-bond acceptors (Lipinski definition) is 4. The first-order valence-electron chi connectivity index (χ1n) is 4.24. The Labute approximate surface area is 102 Å². The highest BCUT2D eigenvalue weighted by Crippen LogP contribution is 2.55. The number of nitrogens with one attached hydrogen (secondary N) is 1. The predicted molar refractivity (Wildman–Crippen MR) is 62.9 cm³/mol. The Kier molecular flexibility index (Phi) is 4.75. The van der Waals surface area contributed by atoms with Gasteiger partial charge in [0.15, 0.2) is 5.90 Å². The monoisotopic (exact) mass is 301 g/mol. The molecule has 0 radical (unpaired) electrons. The van der Waals surface area contributed by atoms with Gasteiger partial charge in [0.2, 0.25) is 0 Å². The van der Waals surface area contributed by atoms with Crippen LogP contribution in [0.15, 0.2) is 24.3 Å². The third-order valence-electron chi connectivity index (χ3n) is 1.51. The molecule has 7 nitrogen and oxygen atoms in total. The molecule has 0 aliphatic heterocycles. The Balaban J connectivity index is 2.58. The van der Waals surface area contributed by atoms with Crippen LogP contribution in [0.3, 0.4) is 0 Å². The summed E-state index contributed by atoms with van der Waals surface area (Å²) >= 11 is 5.61. The van der Waals surface area contributed by atoms with Crippen molar-refractivity contribution in [3.8, 4) is 0 Å². The Morgan fingerprint density at radius 2 is 1.71 bits per heavy atom. The van der Waals surface area contributed by atoms with E-state index in [1.807, 2.05) is 0 Å². The van der Waals surface area contributed by atoms with Crippen molar-refractivity contribution in [2.24, 2.45) is 0 Å². The summed E-state index contributed by atoms with van der Waals surface area (Å²) in [6.07, 6.45) is 0. The molecule has 96 valence electrons. The van der Waals surface area contributed by atoms with Crippen LogP contribution < -0.4 is 5.48 Å². The van der Waals surface area contributed by atoms with Crippen LogP contribution >= 0.6 is 26.8 Å². The van der Waals surface area contributed by atoms with E-state index in [-0.39, 0.29) is 0 Å². The van der Waals surface area contributed by atoms with Gasteiger partial charge in [-0.25, -0.2) is 0 Å². The first-order chi connectivity index (χ1) is 7.68. The van der Waals surface area contributed by atoms with Gasteiger partial charge in [0, 0.05) is 5.02 Å². The van der Waals surface area contributed by atoms with Crippen LogP contribution in [0.4, 0.5) is 5.69 Å². The molecule has 0 spiro atoms. The van der Waals surface area contributed by atoms with Crippen LogP contribution in [0.1, 0.15) is 0 Å². The second-order valence-corrected chi connectivity index (χ2v) is 7.50. The highest BCUT2D eigenvalue weighted by Gasteiger charge is 2.31. The Morgan fingerprint density at radius 1 is 1.18 bits per heavy atom. The van der Waals surface area contributed by atoms with Gasteiger partial charge in [0.25, 0.3) is 0 Å². The fraction of sp³-hybridized carbons (Fsp3) is 0.143. The van der Waals surface area contributed by atoms with Gasteiger partial charge in [0.05, 0.1) is 5.69 Å². The quantitative estimate of drug-likeness (QED) is 0.485. The zero-order valence-electron chi connectivity index (χ0n) is 8.36. The van der Waals surface area contributed by atoms with Gasteiger partial charge in [-0.15, -0.1) is 0 Å². The van der Waals surface area contributed by atoms with Crippen LogP contribution in [-0.2, 0) is 13.8 Å². The van der Waals surface area contributed by atoms with E-state index in [9.17, 15) is 9.13 Å². The van der Waals surface area contributed by atoms with Crippen LogP contribution in [0.2, 0.25) is 5.02 Å². The van der Waals surface area contributed by atoms with E-state index in [0.717, 1.165) is 0 Å². The van der Waals surface area contributed by atoms with Crippen molar-refractivity contribution in [3.63, 3.8) is 0 Å². The molecule has 1 aromatic carbocycles. The average Bonchev–Trinajstić information content (AvgIpc) is 2.13. The van der Waals surface area contributed by atoms with Gasteiger partial charge in [0.1, 0.15) is 0 Å². The van der Waals surface area contributed by atoms with Crippen LogP contribution in [0.25, 0.3) is 0 Å². The summed E-state index contributed by atoms with van der Waals surface area (Å²) in [4.78, 5) is 26.2. The summed E-state index contributed by atoms with van der Waals surface area (Å²) < 4.78 is 26.1. The topological polar surface area (TPSA) is 116 Å². The third-order valence-corrected chi connectivity index (χ3v) is 5.05. The minimum atomic E-state index is -4.62. The molecule has 1 aromatic rings. The molecule has 10 heteroatoms. The lowest BCUT2D eigenvalue weighted by Gasteiger charge is -2.13. The van der Waals surface area contributed by atoms with Gasteiger partial charge in [-0.05, 0) is 24.3 Å². The largest absolute Gasteiger partial charge is 0.361 e. The number of rotatable bonds is 5. The van der Waals surface area contributed by atoms with Gasteiger partial charge in [-0.3, -0.25) is 14.6 Å². The molecule has 0 bridgehead atoms. The van der Waals surface area contributed by atoms with Crippen molar-refractivity contribution in [3.05, 3.63) is 29.3 Å². The van der Waals surface area contributed by atoms with E-state index in [4.69, 9.17) is 26.3 Å². The molecule has 0 saturated heterocycles. The molecule has 1 atom stereocenters. The second kappa shape index (κ2) is 5.50. The number of anilines is 1. The molecule has 0 aliphatic rings. The predicted octanol–water partition coefficient (Wildman–Crippen LogP) is 2.00. The molecule has 0 amide bonds. The van der Waals surface area contributed by atoms with Crippen LogP contribution in [0, 0.1) is 0 Å². The fourth-order valence-electron chi connectivity index (χ4n) is 0.904. The van der Waals surface area contributed by atoms with Crippen molar-refractivity contribution < 1.29 is 28.4 Å². The number of benzene rings is 1. The molecule has 1 rings (SSSR count). The van der Waals surface area contributed by atoms with E-state index in [2.05, 4.69) is 10.1 Å². The normalized spacial score (nSPS) is 15.3. The maximum atomic E-state index is 11.2. The van der Waals surface area contributed by atoms with Gasteiger partial charge in [-0.1, -0.05) is 11.6 Å². The highest BCUT2D eigenvalue weighted by atomic mass is 35.5. The highest BCUT2D eigenvalue weighted by molar-refractivity contribution is 7.70. The summed E-state index contributed by atoms with van der Waals surface area (Å²) in [7, 11) is -9.01. The molecule has 0 fully saturated rings. The summed E-state index contributed by atoms with van der Waals surface area (Å²) in [5.41, 5.74) is 2.45. The van der Waals surface area contributed by atoms with Crippen molar-refractivity contribution in [2.75, 3.05) is 11.4 Å². The fourth-order valence-corrected chi connectivity index (χ4v) is 3.37. The lowest BCUT2D eigenvalue weighted by molar-refractivity contribution is 0.310. The SMILES string of the molecule is O=P(O)(O)CP(=O)(O)ONc1ccc(Cl)cc1. The van der Waals surface area contributed by atoms with E-state index < -0.39 is 21.1 Å². The van der Waals surface area contributed by atoms with Crippen molar-refractivity contribution in [2.45, 2.75) is 0 Å².